The van der Waals surface area contributed by atoms with Crippen LogP contribution in [-0.4, -0.2) is 25.2 Å². The van der Waals surface area contributed by atoms with Gasteiger partial charge in [-0.2, -0.15) is 9.78 Å². The van der Waals surface area contributed by atoms with Crippen molar-refractivity contribution in [2.24, 2.45) is 0 Å². The first kappa shape index (κ1) is 24.0. The Bertz CT molecular complexity index is 1590. The Balaban J connectivity index is 1.53. The molecule has 0 atom stereocenters. The van der Waals surface area contributed by atoms with Crippen molar-refractivity contribution in [1.82, 2.24) is 19.3 Å². The molecule has 0 aliphatic heterocycles. The highest BCUT2D eigenvalue weighted by atomic mass is 35.5. The van der Waals surface area contributed by atoms with E-state index in [9.17, 15) is 9.59 Å². The van der Waals surface area contributed by atoms with Crippen LogP contribution in [0.5, 0.6) is 0 Å². The van der Waals surface area contributed by atoms with Crippen LogP contribution in [-0.2, 0) is 13.1 Å². The predicted molar refractivity (Wildman–Crippen MR) is 143 cm³/mol. The van der Waals surface area contributed by atoms with E-state index in [0.717, 1.165) is 10.4 Å². The number of pyridine rings is 2. The van der Waals surface area contributed by atoms with Gasteiger partial charge in [0.15, 0.2) is 0 Å². The van der Waals surface area contributed by atoms with E-state index in [1.807, 2.05) is 24.3 Å². The average molecular weight is 536 g/mol. The third-order valence-corrected chi connectivity index (χ3v) is 7.04. The Kier molecular flexibility index (Phi) is 6.99. The summed E-state index contributed by atoms with van der Waals surface area (Å²) in [5.41, 5.74) is 1.77. The first-order chi connectivity index (χ1) is 17.5. The van der Waals surface area contributed by atoms with Gasteiger partial charge in [0.2, 0.25) is 0 Å². The van der Waals surface area contributed by atoms with E-state index in [0.29, 0.717) is 45.1 Å². The maximum atomic E-state index is 13.4. The topological polar surface area (TPSA) is 81.8 Å². The van der Waals surface area contributed by atoms with Crippen molar-refractivity contribution in [3.8, 4) is 11.3 Å². The maximum Gasteiger partial charge on any atom is 0.281 e. The molecule has 1 N–H and O–H groups in total. The van der Waals surface area contributed by atoms with Gasteiger partial charge in [-0.1, -0.05) is 35.3 Å². The molecule has 0 amide bonds. The van der Waals surface area contributed by atoms with Crippen LogP contribution >= 0.6 is 34.5 Å². The molecule has 180 valence electrons. The molecule has 5 aromatic rings. The summed E-state index contributed by atoms with van der Waals surface area (Å²) < 4.78 is 3.51. The zero-order valence-corrected chi connectivity index (χ0v) is 21.1. The lowest BCUT2D eigenvalue weighted by atomic mass is 10.2. The van der Waals surface area contributed by atoms with Gasteiger partial charge in [-0.15, -0.1) is 11.3 Å². The van der Waals surface area contributed by atoms with Crippen molar-refractivity contribution >= 4 is 46.3 Å². The molecule has 0 spiro atoms. The zero-order chi connectivity index (χ0) is 25.1. The summed E-state index contributed by atoms with van der Waals surface area (Å²) in [6.45, 7) is 0.818. The van der Waals surface area contributed by atoms with E-state index in [4.69, 9.17) is 23.2 Å². The maximum absolute atomic E-state index is 13.4. The summed E-state index contributed by atoms with van der Waals surface area (Å²) in [6, 6.07) is 19.4. The molecule has 36 heavy (non-hydrogen) atoms. The molecule has 10 heteroatoms. The number of carbonyl (C=O) groups excluding carboxylic acids is 1. The molecule has 0 saturated heterocycles. The van der Waals surface area contributed by atoms with Crippen molar-refractivity contribution in [1.29, 1.82) is 0 Å². The number of hydrogen-bond acceptors (Lipinski definition) is 6. The molecule has 0 unspecified atom stereocenters. The van der Waals surface area contributed by atoms with Gasteiger partial charge in [-0.3, -0.25) is 14.6 Å². The lowest BCUT2D eigenvalue weighted by Gasteiger charge is -2.09. The molecule has 0 aliphatic rings. The Hall–Kier alpha value is -3.72. The second kappa shape index (κ2) is 10.5. The molecule has 4 aromatic heterocycles. The van der Waals surface area contributed by atoms with Crippen LogP contribution in [0.25, 0.3) is 11.3 Å². The number of halogens is 2. The predicted octanol–water partition coefficient (Wildman–Crippen LogP) is 5.82. The first-order valence-corrected chi connectivity index (χ1v) is 12.5. The van der Waals surface area contributed by atoms with Crippen molar-refractivity contribution in [2.45, 2.75) is 13.1 Å². The first-order valence-electron chi connectivity index (χ1n) is 11.0. The Morgan fingerprint density at radius 1 is 1.00 bits per heavy atom. The van der Waals surface area contributed by atoms with Crippen LogP contribution in [0.3, 0.4) is 0 Å². The van der Waals surface area contributed by atoms with E-state index in [2.05, 4.69) is 15.4 Å². The normalized spacial score (nSPS) is 10.9. The highest BCUT2D eigenvalue weighted by molar-refractivity contribution is 7.16. The van der Waals surface area contributed by atoms with Crippen molar-refractivity contribution in [3.05, 3.63) is 121 Å². The third kappa shape index (κ3) is 5.11. The van der Waals surface area contributed by atoms with E-state index in [1.54, 1.807) is 65.6 Å². The highest BCUT2D eigenvalue weighted by Gasteiger charge is 2.20. The molecule has 1 aromatic carbocycles. The molecule has 4 heterocycles. The number of anilines is 1. The van der Waals surface area contributed by atoms with Gasteiger partial charge >= 0.3 is 0 Å². The molecule has 5 rings (SSSR count). The summed E-state index contributed by atoms with van der Waals surface area (Å²) in [4.78, 5) is 31.7. The molecule has 0 fully saturated rings. The molecule has 0 saturated carbocycles. The van der Waals surface area contributed by atoms with E-state index < -0.39 is 5.91 Å². The SMILES string of the molecule is O=C(c1ccccc1Cl)n1nc(-c2cccn(Cc3ccncc3)c2=O)cc1NCc1ccc(Cl)s1. The molecule has 7 nitrogen and oxygen atoms in total. The number of carbonyl (C=O) groups is 1. The van der Waals surface area contributed by atoms with Crippen LogP contribution < -0.4 is 10.9 Å². The van der Waals surface area contributed by atoms with E-state index >= 15 is 0 Å². The number of nitrogens with zero attached hydrogens (tertiary/aromatic N) is 4. The lowest BCUT2D eigenvalue weighted by molar-refractivity contribution is 0.0948. The van der Waals surface area contributed by atoms with Crippen LogP contribution in [0, 0.1) is 0 Å². The van der Waals surface area contributed by atoms with Crippen LogP contribution in [0.15, 0.2) is 90.1 Å². The van der Waals surface area contributed by atoms with Crippen molar-refractivity contribution < 1.29 is 4.79 Å². The highest BCUT2D eigenvalue weighted by Crippen LogP contribution is 2.26. The summed E-state index contributed by atoms with van der Waals surface area (Å²) >= 11 is 13.8. The second-order valence-corrected chi connectivity index (χ2v) is 10.1. The van der Waals surface area contributed by atoms with Gasteiger partial charge in [0.25, 0.3) is 11.5 Å². The van der Waals surface area contributed by atoms with Gasteiger partial charge in [-0.05, 0) is 54.1 Å². The summed E-state index contributed by atoms with van der Waals surface area (Å²) in [7, 11) is 0. The number of rotatable bonds is 7. The fourth-order valence-electron chi connectivity index (χ4n) is 3.71. The van der Waals surface area contributed by atoms with Crippen LogP contribution in [0.1, 0.15) is 20.8 Å². The number of aromatic nitrogens is 4. The quantitative estimate of drug-likeness (QED) is 0.283. The summed E-state index contributed by atoms with van der Waals surface area (Å²) in [5, 5.41) is 8.09. The Labute approximate surface area is 220 Å². The standard InChI is InChI=1S/C26H19Cl2N5O2S/c27-21-6-2-1-4-19(21)26(35)33-24(30-15-18-7-8-23(28)36-18)14-22(31-33)20-5-3-13-32(25(20)34)16-17-9-11-29-12-10-17/h1-14,30H,15-16H2. The minimum absolute atomic E-state index is 0.222. The van der Waals surface area contributed by atoms with E-state index in [-0.39, 0.29) is 5.56 Å². The largest absolute Gasteiger partial charge is 0.365 e. The van der Waals surface area contributed by atoms with Gasteiger partial charge in [-0.25, -0.2) is 0 Å². The molecule has 0 bridgehead atoms. The Morgan fingerprint density at radius 2 is 1.81 bits per heavy atom. The monoisotopic (exact) mass is 535 g/mol. The van der Waals surface area contributed by atoms with Gasteiger partial charge in [0.05, 0.1) is 33.6 Å². The van der Waals surface area contributed by atoms with Gasteiger partial charge in [0, 0.05) is 29.5 Å². The number of hydrogen-bond donors (Lipinski definition) is 1. The average Bonchev–Trinajstić information content (AvgIpc) is 3.50. The minimum atomic E-state index is -0.411. The molecular formula is C26H19Cl2N5O2S. The van der Waals surface area contributed by atoms with Crippen molar-refractivity contribution in [2.75, 3.05) is 5.32 Å². The lowest BCUT2D eigenvalue weighted by Crippen LogP contribution is -2.22. The minimum Gasteiger partial charge on any atom is -0.365 e. The zero-order valence-electron chi connectivity index (χ0n) is 18.8. The summed E-state index contributed by atoms with van der Waals surface area (Å²) in [6.07, 6.45) is 5.09. The van der Waals surface area contributed by atoms with Gasteiger partial charge in [0.1, 0.15) is 11.5 Å². The fourth-order valence-corrected chi connectivity index (χ4v) is 4.95. The molecular weight excluding hydrogens is 517 g/mol. The van der Waals surface area contributed by atoms with Gasteiger partial charge < -0.3 is 9.88 Å². The number of thiophene rings is 1. The molecule has 0 aliphatic carbocycles. The van der Waals surface area contributed by atoms with Crippen molar-refractivity contribution in [3.63, 3.8) is 0 Å². The summed E-state index contributed by atoms with van der Waals surface area (Å²) in [5.74, 6) is 0.0231. The smallest absolute Gasteiger partial charge is 0.281 e. The molecule has 0 radical (unpaired) electrons. The van der Waals surface area contributed by atoms with E-state index in [1.165, 1.54) is 16.0 Å². The van der Waals surface area contributed by atoms with Crippen LogP contribution in [0.2, 0.25) is 9.36 Å². The Morgan fingerprint density at radius 3 is 2.56 bits per heavy atom. The van der Waals surface area contributed by atoms with Crippen LogP contribution in [0.4, 0.5) is 5.82 Å². The number of nitrogens with one attached hydrogen (secondary N) is 1. The fraction of sp³-hybridized carbons (Fsp3) is 0.0769. The third-order valence-electron chi connectivity index (χ3n) is 5.48. The number of benzene rings is 1. The second-order valence-electron chi connectivity index (χ2n) is 7.88.